The van der Waals surface area contributed by atoms with E-state index >= 15 is 0 Å². The van der Waals surface area contributed by atoms with Gasteiger partial charge in [-0.05, 0) is 49.1 Å². The van der Waals surface area contributed by atoms with Crippen LogP contribution in [0.5, 0.6) is 0 Å². The van der Waals surface area contributed by atoms with Crippen LogP contribution < -0.4 is 21.3 Å². The molecule has 4 amide bonds. The van der Waals surface area contributed by atoms with Crippen LogP contribution in [0.4, 0.5) is 14.4 Å². The molecule has 2 aromatic rings. The maximum Gasteiger partial charge on any atom is 0.407 e. The van der Waals surface area contributed by atoms with Crippen molar-refractivity contribution in [1.82, 2.24) is 21.3 Å². The van der Waals surface area contributed by atoms with E-state index in [0.717, 1.165) is 28.3 Å². The first-order valence-electron chi connectivity index (χ1n) is 15.1. The molecule has 0 fully saturated rings. The van der Waals surface area contributed by atoms with Gasteiger partial charge in [-0.25, -0.2) is 19.2 Å². The number of benzene rings is 2. The molecule has 13 nitrogen and oxygen atoms in total. The third-order valence-electron chi connectivity index (χ3n) is 6.95. The quantitative estimate of drug-likeness (QED) is 0.157. The summed E-state index contributed by atoms with van der Waals surface area (Å²) in [5.41, 5.74) is 3.24. The number of carboxylic acids is 1. The Morgan fingerprint density at radius 3 is 1.87 bits per heavy atom. The second kappa shape index (κ2) is 15.6. The van der Waals surface area contributed by atoms with Crippen molar-refractivity contribution >= 4 is 38.2 Å². The van der Waals surface area contributed by atoms with Crippen LogP contribution in [0.15, 0.2) is 48.5 Å². The van der Waals surface area contributed by atoms with Crippen LogP contribution in [0.25, 0.3) is 11.1 Å². The Morgan fingerprint density at radius 2 is 1.33 bits per heavy atom. The Kier molecular flexibility index (Phi) is 12.2. The molecule has 5 N–H and O–H groups in total. The van der Waals surface area contributed by atoms with Gasteiger partial charge in [0.2, 0.25) is 5.91 Å². The Balaban J connectivity index is 1.65. The van der Waals surface area contributed by atoms with E-state index in [2.05, 4.69) is 40.9 Å². The molecular formula is C32H44N4O9Si. The predicted molar refractivity (Wildman–Crippen MR) is 173 cm³/mol. The zero-order valence-electron chi connectivity index (χ0n) is 27.1. The first kappa shape index (κ1) is 35.9. The summed E-state index contributed by atoms with van der Waals surface area (Å²) < 4.78 is 15.9. The fraction of sp³-hybridized carbons (Fsp3) is 0.469. The van der Waals surface area contributed by atoms with E-state index in [4.69, 9.17) is 14.2 Å². The second-order valence-corrected chi connectivity index (χ2v) is 18.8. The zero-order chi connectivity index (χ0) is 34.1. The van der Waals surface area contributed by atoms with Gasteiger partial charge in [0, 0.05) is 14.0 Å². The van der Waals surface area contributed by atoms with Crippen LogP contribution >= 0.6 is 0 Å². The summed E-state index contributed by atoms with van der Waals surface area (Å²) >= 11 is 0. The van der Waals surface area contributed by atoms with Gasteiger partial charge in [0.15, 0.2) is 0 Å². The third-order valence-corrected chi connectivity index (χ3v) is 8.66. The van der Waals surface area contributed by atoms with Crippen molar-refractivity contribution in [2.45, 2.75) is 70.1 Å². The number of carboxylic acid groups (broad SMARTS) is 1. The van der Waals surface area contributed by atoms with Crippen molar-refractivity contribution in [3.63, 3.8) is 0 Å². The topological polar surface area (TPSA) is 181 Å². The number of rotatable bonds is 13. The van der Waals surface area contributed by atoms with Gasteiger partial charge in [-0.2, -0.15) is 0 Å². The van der Waals surface area contributed by atoms with Crippen LogP contribution in [0.2, 0.25) is 25.7 Å². The van der Waals surface area contributed by atoms with Crippen molar-refractivity contribution in [2.24, 2.45) is 0 Å². The summed E-state index contributed by atoms with van der Waals surface area (Å²) in [5.74, 6) is -2.61. The number of carbonyl (C=O) groups excluding carboxylic acids is 4. The van der Waals surface area contributed by atoms with E-state index in [0.29, 0.717) is 0 Å². The largest absolute Gasteiger partial charge is 0.480 e. The first-order valence-corrected chi connectivity index (χ1v) is 18.8. The van der Waals surface area contributed by atoms with E-state index in [1.807, 2.05) is 48.5 Å². The van der Waals surface area contributed by atoms with Gasteiger partial charge >= 0.3 is 24.2 Å². The molecule has 2 atom stereocenters. The van der Waals surface area contributed by atoms with E-state index in [9.17, 15) is 29.1 Å². The van der Waals surface area contributed by atoms with Gasteiger partial charge < -0.3 is 40.6 Å². The van der Waals surface area contributed by atoms with Crippen molar-refractivity contribution in [2.75, 3.05) is 26.3 Å². The van der Waals surface area contributed by atoms with Crippen molar-refractivity contribution in [3.05, 3.63) is 59.7 Å². The molecule has 0 radical (unpaired) electrons. The molecule has 46 heavy (non-hydrogen) atoms. The molecule has 1 aliphatic carbocycles. The van der Waals surface area contributed by atoms with E-state index in [1.54, 1.807) is 20.8 Å². The predicted octanol–water partition coefficient (Wildman–Crippen LogP) is 4.05. The van der Waals surface area contributed by atoms with Gasteiger partial charge in [-0.3, -0.25) is 4.79 Å². The zero-order valence-corrected chi connectivity index (χ0v) is 28.1. The van der Waals surface area contributed by atoms with E-state index in [1.165, 1.54) is 0 Å². The fourth-order valence-electron chi connectivity index (χ4n) is 4.65. The summed E-state index contributed by atoms with van der Waals surface area (Å²) in [6.07, 6.45) is -2.63. The lowest BCUT2D eigenvalue weighted by molar-refractivity contribution is -0.141. The summed E-state index contributed by atoms with van der Waals surface area (Å²) in [6, 6.07) is 13.3. The number of nitrogens with one attached hydrogen (secondary N) is 4. The van der Waals surface area contributed by atoms with Gasteiger partial charge in [0.25, 0.3) is 0 Å². The van der Waals surface area contributed by atoms with Crippen LogP contribution in [0, 0.1) is 0 Å². The number of ether oxygens (including phenoxy) is 3. The molecule has 0 spiro atoms. The maximum absolute atomic E-state index is 13.2. The van der Waals surface area contributed by atoms with E-state index in [-0.39, 0.29) is 19.1 Å². The molecule has 0 heterocycles. The smallest absolute Gasteiger partial charge is 0.407 e. The van der Waals surface area contributed by atoms with E-state index < -0.39 is 69.0 Å². The lowest BCUT2D eigenvalue weighted by Crippen LogP contribution is -2.58. The number of amides is 4. The van der Waals surface area contributed by atoms with Crippen molar-refractivity contribution < 1.29 is 43.3 Å². The highest BCUT2D eigenvalue weighted by Gasteiger charge is 2.31. The Labute approximate surface area is 269 Å². The minimum Gasteiger partial charge on any atom is -0.480 e. The molecular weight excluding hydrogens is 612 g/mol. The molecule has 14 heteroatoms. The molecule has 3 rings (SSSR count). The molecule has 2 aromatic carbocycles. The van der Waals surface area contributed by atoms with Crippen molar-refractivity contribution in [3.8, 4) is 11.1 Å². The molecule has 0 aliphatic heterocycles. The van der Waals surface area contributed by atoms with Gasteiger partial charge in [-0.1, -0.05) is 68.2 Å². The summed E-state index contributed by atoms with van der Waals surface area (Å²) in [6.45, 7) is 10.6. The average Bonchev–Trinajstić information content (AvgIpc) is 3.28. The molecule has 250 valence electrons. The Morgan fingerprint density at radius 1 is 0.783 bits per heavy atom. The van der Waals surface area contributed by atoms with Crippen LogP contribution in [0.1, 0.15) is 37.8 Å². The summed E-state index contributed by atoms with van der Waals surface area (Å²) in [7, 11) is -1.45. The number of fused-ring (bicyclic) bond motifs is 3. The fourth-order valence-corrected chi connectivity index (χ4v) is 5.36. The lowest BCUT2D eigenvalue weighted by Gasteiger charge is -2.24. The number of carbonyl (C=O) groups is 5. The Hall–Kier alpha value is -4.59. The minimum absolute atomic E-state index is 0.0326. The SMILES string of the molecule is CC(C)(C)OC(=O)NC[C@H](NC(=O)OCC1c2ccccc2-c2ccccc21)C(=O)N[C@H](CNC(=O)OCC[Si](C)(C)C)C(=O)O. The molecule has 0 saturated heterocycles. The van der Waals surface area contributed by atoms with Crippen LogP contribution in [0.3, 0.4) is 0 Å². The van der Waals surface area contributed by atoms with Gasteiger partial charge in [0.05, 0.1) is 19.7 Å². The number of alkyl carbamates (subject to hydrolysis) is 3. The summed E-state index contributed by atoms with van der Waals surface area (Å²) in [5, 5.41) is 19.1. The highest BCUT2D eigenvalue weighted by molar-refractivity contribution is 6.76. The standard InChI is InChI=1S/C32H44N4O9Si/c1-32(2,3)45-30(41)34-17-25(27(37)35-26(28(38)39)18-33-29(40)43-15-16-46(4,5)6)36-31(42)44-19-24-22-13-9-7-11-20(22)21-12-8-10-14-23(21)24/h7-14,24-26H,15-19H2,1-6H3,(H,33,40)(H,34,41)(H,35,37)(H,36,42)(H,38,39)/t25-,26+/m0/s1. The Bertz CT molecular complexity index is 1380. The van der Waals surface area contributed by atoms with Crippen molar-refractivity contribution in [1.29, 1.82) is 0 Å². The lowest BCUT2D eigenvalue weighted by atomic mass is 9.98. The molecule has 0 bridgehead atoms. The maximum atomic E-state index is 13.2. The molecule has 0 saturated carbocycles. The average molecular weight is 657 g/mol. The number of aliphatic carboxylic acids is 1. The minimum atomic E-state index is -1.56. The molecule has 1 aliphatic rings. The van der Waals surface area contributed by atoms with Crippen LogP contribution in [-0.4, -0.2) is 87.3 Å². The molecule has 0 unspecified atom stereocenters. The monoisotopic (exact) mass is 656 g/mol. The number of hydrogen-bond donors (Lipinski definition) is 5. The number of hydrogen-bond acceptors (Lipinski definition) is 8. The highest BCUT2D eigenvalue weighted by Crippen LogP contribution is 2.44. The van der Waals surface area contributed by atoms with Gasteiger partial charge in [0.1, 0.15) is 24.3 Å². The van der Waals surface area contributed by atoms with Crippen LogP contribution in [-0.2, 0) is 23.8 Å². The summed E-state index contributed by atoms with van der Waals surface area (Å²) in [4.78, 5) is 62.5. The first-order chi connectivity index (χ1) is 21.5. The van der Waals surface area contributed by atoms with Gasteiger partial charge in [-0.15, -0.1) is 0 Å². The molecule has 0 aromatic heterocycles. The highest BCUT2D eigenvalue weighted by atomic mass is 28.3. The normalized spacial score (nSPS) is 13.7. The third kappa shape index (κ3) is 11.1. The second-order valence-electron chi connectivity index (χ2n) is 13.1.